The molecule has 29 heavy (non-hydrogen) atoms. The van der Waals surface area contributed by atoms with E-state index in [1.54, 1.807) is 5.38 Å². The van der Waals surface area contributed by atoms with Gasteiger partial charge in [0, 0.05) is 10.9 Å². The molecule has 4 fully saturated rings. The minimum absolute atomic E-state index is 0.333. The molecular formula is C25H31NO2S. The van der Waals surface area contributed by atoms with Crippen molar-refractivity contribution in [2.45, 2.75) is 65.2 Å². The van der Waals surface area contributed by atoms with Crippen molar-refractivity contribution in [3.63, 3.8) is 0 Å². The summed E-state index contributed by atoms with van der Waals surface area (Å²) < 4.78 is 5.06. The van der Waals surface area contributed by atoms with E-state index < -0.39 is 0 Å². The van der Waals surface area contributed by atoms with Gasteiger partial charge in [0.05, 0.1) is 6.61 Å². The molecule has 1 aromatic carbocycles. The number of rotatable bonds is 6. The molecule has 4 aliphatic carbocycles. The highest BCUT2D eigenvalue weighted by Crippen LogP contribution is 2.61. The van der Waals surface area contributed by atoms with Crippen molar-refractivity contribution in [1.82, 2.24) is 4.98 Å². The van der Waals surface area contributed by atoms with Crippen LogP contribution in [0.2, 0.25) is 0 Å². The van der Waals surface area contributed by atoms with E-state index in [0.717, 1.165) is 28.3 Å². The number of thiazole rings is 1. The Morgan fingerprint density at radius 3 is 2.48 bits per heavy atom. The lowest BCUT2D eigenvalue weighted by molar-refractivity contribution is -0.0569. The average molecular weight is 410 g/mol. The summed E-state index contributed by atoms with van der Waals surface area (Å²) in [7, 11) is 0. The maximum absolute atomic E-state index is 11.9. The van der Waals surface area contributed by atoms with Crippen LogP contribution >= 0.6 is 11.3 Å². The highest BCUT2D eigenvalue weighted by molar-refractivity contribution is 7.13. The lowest BCUT2D eigenvalue weighted by atomic mass is 9.48. The van der Waals surface area contributed by atoms with Crippen molar-refractivity contribution in [3.8, 4) is 10.6 Å². The summed E-state index contributed by atoms with van der Waals surface area (Å²) in [5.74, 6) is 2.76. The lowest BCUT2D eigenvalue weighted by Gasteiger charge is -2.57. The van der Waals surface area contributed by atoms with Gasteiger partial charge in [0.2, 0.25) is 0 Å². The van der Waals surface area contributed by atoms with Crippen molar-refractivity contribution >= 4 is 17.3 Å². The highest BCUT2D eigenvalue weighted by atomic mass is 32.1. The van der Waals surface area contributed by atoms with Gasteiger partial charge in [0.25, 0.3) is 0 Å². The molecule has 4 aliphatic rings. The van der Waals surface area contributed by atoms with Gasteiger partial charge in [-0.3, -0.25) is 0 Å². The van der Waals surface area contributed by atoms with Gasteiger partial charge in [-0.1, -0.05) is 18.2 Å². The first-order valence-corrected chi connectivity index (χ1v) is 12.1. The number of hydrogen-bond donors (Lipinski definition) is 0. The fourth-order valence-electron chi connectivity index (χ4n) is 6.82. The first kappa shape index (κ1) is 19.3. The molecule has 0 radical (unpaired) electrons. The van der Waals surface area contributed by atoms with Crippen molar-refractivity contribution in [1.29, 1.82) is 0 Å². The molecule has 4 heteroatoms. The van der Waals surface area contributed by atoms with E-state index in [4.69, 9.17) is 4.74 Å². The molecule has 3 nitrogen and oxygen atoms in total. The summed E-state index contributed by atoms with van der Waals surface area (Å²) in [5, 5.41) is 2.70. The van der Waals surface area contributed by atoms with Gasteiger partial charge < -0.3 is 4.74 Å². The van der Waals surface area contributed by atoms with Gasteiger partial charge in [-0.25, -0.2) is 9.78 Å². The Labute approximate surface area is 177 Å². The first-order chi connectivity index (χ1) is 14.0. The zero-order valence-corrected chi connectivity index (χ0v) is 18.4. The van der Waals surface area contributed by atoms with Gasteiger partial charge in [0.1, 0.15) is 5.01 Å². The van der Waals surface area contributed by atoms with E-state index >= 15 is 0 Å². The Hall–Kier alpha value is -1.68. The fourth-order valence-corrected chi connectivity index (χ4v) is 7.70. The third kappa shape index (κ3) is 3.76. The maximum Gasteiger partial charge on any atom is 0.357 e. The van der Waals surface area contributed by atoms with E-state index in [9.17, 15) is 4.79 Å². The predicted octanol–water partition coefficient (Wildman–Crippen LogP) is 6.44. The maximum atomic E-state index is 11.9. The van der Waals surface area contributed by atoms with E-state index in [2.05, 4.69) is 30.1 Å². The highest BCUT2D eigenvalue weighted by Gasteiger charge is 2.50. The molecular weight excluding hydrogens is 378 g/mol. The summed E-state index contributed by atoms with van der Waals surface area (Å²) in [6.07, 6.45) is 11.6. The standard InChI is InChI=1S/C25H31NO2S/c1-3-28-24(27)22-15-29-23(26-22)21-5-4-17(8-16(21)2)6-7-25-12-18-9-19(13-25)11-20(10-18)14-25/h4-5,8,15,18-20H,3,6-7,9-14H2,1-2H3. The van der Waals surface area contributed by atoms with Crippen LogP contribution in [0.4, 0.5) is 0 Å². The minimum atomic E-state index is -0.333. The van der Waals surface area contributed by atoms with Crippen LogP contribution in [-0.4, -0.2) is 17.6 Å². The normalized spacial score (nSPS) is 29.9. The summed E-state index contributed by atoms with van der Waals surface area (Å²) in [6, 6.07) is 6.80. The van der Waals surface area contributed by atoms with E-state index in [0.29, 0.717) is 17.7 Å². The molecule has 0 amide bonds. The fraction of sp³-hybridized carbons (Fsp3) is 0.600. The van der Waals surface area contributed by atoms with Crippen LogP contribution in [0.5, 0.6) is 0 Å². The number of aromatic nitrogens is 1. The second-order valence-corrected chi connectivity index (χ2v) is 10.7. The third-order valence-electron chi connectivity index (χ3n) is 7.62. The monoisotopic (exact) mass is 409 g/mol. The SMILES string of the molecule is CCOC(=O)c1csc(-c2ccc(CCC34CC5CC(CC(C5)C3)C4)cc2C)n1. The molecule has 0 saturated heterocycles. The lowest BCUT2D eigenvalue weighted by Crippen LogP contribution is -2.46. The second kappa shape index (κ2) is 7.54. The van der Waals surface area contributed by atoms with Crippen LogP contribution in [0.15, 0.2) is 23.6 Å². The van der Waals surface area contributed by atoms with Crippen LogP contribution in [0, 0.1) is 30.1 Å². The van der Waals surface area contributed by atoms with Crippen LogP contribution in [0.3, 0.4) is 0 Å². The zero-order valence-electron chi connectivity index (χ0n) is 17.6. The summed E-state index contributed by atoms with van der Waals surface area (Å²) in [6.45, 7) is 4.36. The second-order valence-electron chi connectivity index (χ2n) is 9.83. The van der Waals surface area contributed by atoms with Gasteiger partial charge in [-0.05, 0) is 99.5 Å². The van der Waals surface area contributed by atoms with Crippen molar-refractivity contribution in [2.75, 3.05) is 6.61 Å². The van der Waals surface area contributed by atoms with Crippen molar-refractivity contribution in [3.05, 3.63) is 40.4 Å². The van der Waals surface area contributed by atoms with Crippen LogP contribution in [0.25, 0.3) is 10.6 Å². The number of benzene rings is 1. The number of carbonyl (C=O) groups is 1. The van der Waals surface area contributed by atoms with Gasteiger partial charge in [0.15, 0.2) is 5.69 Å². The molecule has 154 valence electrons. The Morgan fingerprint density at radius 2 is 1.86 bits per heavy atom. The molecule has 0 spiro atoms. The summed E-state index contributed by atoms with van der Waals surface area (Å²) in [5.41, 5.74) is 4.88. The van der Waals surface area contributed by atoms with Crippen LogP contribution in [-0.2, 0) is 11.2 Å². The van der Waals surface area contributed by atoms with Crippen LogP contribution in [0.1, 0.15) is 73.5 Å². The third-order valence-corrected chi connectivity index (χ3v) is 8.49. The van der Waals surface area contributed by atoms with Crippen molar-refractivity contribution < 1.29 is 9.53 Å². The first-order valence-electron chi connectivity index (χ1n) is 11.3. The van der Waals surface area contributed by atoms with Gasteiger partial charge in [-0.2, -0.15) is 0 Å². The molecule has 0 aliphatic heterocycles. The number of hydrogen-bond acceptors (Lipinski definition) is 4. The zero-order chi connectivity index (χ0) is 20.0. The molecule has 1 aromatic heterocycles. The topological polar surface area (TPSA) is 39.2 Å². The smallest absolute Gasteiger partial charge is 0.357 e. The van der Waals surface area contributed by atoms with Crippen LogP contribution < -0.4 is 0 Å². The Morgan fingerprint density at radius 1 is 1.17 bits per heavy atom. The molecule has 6 rings (SSSR count). The van der Waals surface area contributed by atoms with E-state index in [-0.39, 0.29) is 5.97 Å². The van der Waals surface area contributed by atoms with E-state index in [1.807, 2.05) is 6.92 Å². The molecule has 2 aromatic rings. The molecule has 1 heterocycles. The predicted molar refractivity (Wildman–Crippen MR) is 117 cm³/mol. The summed E-state index contributed by atoms with van der Waals surface area (Å²) in [4.78, 5) is 16.4. The van der Waals surface area contributed by atoms with Gasteiger partial charge in [-0.15, -0.1) is 11.3 Å². The number of aryl methyl sites for hydroxylation is 2. The Balaban J connectivity index is 1.27. The number of esters is 1. The average Bonchev–Trinajstić information content (AvgIpc) is 3.16. The number of ether oxygens (including phenoxy) is 1. The molecule has 4 saturated carbocycles. The quantitative estimate of drug-likeness (QED) is 0.515. The van der Waals surface area contributed by atoms with E-state index in [1.165, 1.54) is 73.8 Å². The molecule has 0 unspecified atom stereocenters. The number of carbonyl (C=O) groups excluding carboxylic acids is 1. The molecule has 4 bridgehead atoms. The number of nitrogens with zero attached hydrogens (tertiary/aromatic N) is 1. The summed E-state index contributed by atoms with van der Waals surface area (Å²) >= 11 is 1.52. The molecule has 0 atom stereocenters. The molecule has 0 N–H and O–H groups in total. The minimum Gasteiger partial charge on any atom is -0.461 e. The largest absolute Gasteiger partial charge is 0.461 e. The van der Waals surface area contributed by atoms with Crippen molar-refractivity contribution in [2.24, 2.45) is 23.2 Å². The Kier molecular flexibility index (Phi) is 5.01. The Bertz CT molecular complexity index is 880. The van der Waals surface area contributed by atoms with Gasteiger partial charge >= 0.3 is 5.97 Å².